The summed E-state index contributed by atoms with van der Waals surface area (Å²) < 4.78 is 5.85. The highest BCUT2D eigenvalue weighted by molar-refractivity contribution is 5.94. The zero-order chi connectivity index (χ0) is 16.9. The van der Waals surface area contributed by atoms with Gasteiger partial charge in [0.05, 0.1) is 12.5 Å². The number of carboxylic acids is 1. The molecule has 2 fully saturated rings. The van der Waals surface area contributed by atoms with Gasteiger partial charge in [0.2, 0.25) is 0 Å². The van der Waals surface area contributed by atoms with Gasteiger partial charge in [0.1, 0.15) is 5.75 Å². The van der Waals surface area contributed by atoms with Crippen molar-refractivity contribution in [2.75, 3.05) is 19.7 Å². The molecule has 1 saturated carbocycles. The minimum Gasteiger partial charge on any atom is -0.493 e. The molecule has 1 saturated heterocycles. The molecule has 1 amide bonds. The van der Waals surface area contributed by atoms with Gasteiger partial charge < -0.3 is 14.7 Å². The fraction of sp³-hybridized carbons (Fsp3) is 0.579. The van der Waals surface area contributed by atoms with Gasteiger partial charge in [-0.05, 0) is 49.4 Å². The molecule has 1 aromatic rings. The predicted octanol–water partition coefficient (Wildman–Crippen LogP) is 3.19. The van der Waals surface area contributed by atoms with Gasteiger partial charge in [-0.2, -0.15) is 0 Å². The quantitative estimate of drug-likeness (QED) is 0.900. The van der Waals surface area contributed by atoms with Crippen molar-refractivity contribution in [1.29, 1.82) is 0 Å². The molecule has 1 N–H and O–H groups in total. The SMILES string of the molecule is O=C(O)C1CCN(C(=O)c2ccc(OCC3CCCCC3)cc2)C1. The van der Waals surface area contributed by atoms with Gasteiger partial charge in [-0.25, -0.2) is 0 Å². The van der Waals surface area contributed by atoms with E-state index in [1.807, 2.05) is 12.1 Å². The predicted molar refractivity (Wildman–Crippen MR) is 90.2 cm³/mol. The van der Waals surface area contributed by atoms with Crippen molar-refractivity contribution in [2.24, 2.45) is 11.8 Å². The number of hydrogen-bond acceptors (Lipinski definition) is 3. The number of nitrogens with zero attached hydrogens (tertiary/aromatic N) is 1. The maximum Gasteiger partial charge on any atom is 0.308 e. The standard InChI is InChI=1S/C19H25NO4/c21-18(20-11-10-16(12-20)19(22)23)15-6-8-17(9-7-15)24-13-14-4-2-1-3-5-14/h6-9,14,16H,1-5,10-13H2,(H,22,23). The maximum absolute atomic E-state index is 12.4. The molecule has 1 unspecified atom stereocenters. The molecule has 0 aromatic heterocycles. The van der Waals surface area contributed by atoms with Crippen molar-refractivity contribution in [3.63, 3.8) is 0 Å². The van der Waals surface area contributed by atoms with Crippen LogP contribution in [-0.4, -0.2) is 41.6 Å². The summed E-state index contributed by atoms with van der Waals surface area (Å²) in [7, 11) is 0. The van der Waals surface area contributed by atoms with Crippen LogP contribution in [0.1, 0.15) is 48.9 Å². The Morgan fingerprint density at radius 1 is 1.08 bits per heavy atom. The lowest BCUT2D eigenvalue weighted by Crippen LogP contribution is -2.29. The average molecular weight is 331 g/mol. The fourth-order valence-corrected chi connectivity index (χ4v) is 3.59. The highest BCUT2D eigenvalue weighted by Gasteiger charge is 2.31. The van der Waals surface area contributed by atoms with Crippen LogP contribution in [0, 0.1) is 11.8 Å². The third-order valence-electron chi connectivity index (χ3n) is 5.14. The van der Waals surface area contributed by atoms with Gasteiger partial charge in [0.25, 0.3) is 5.91 Å². The number of likely N-dealkylation sites (tertiary alicyclic amines) is 1. The molecule has 1 heterocycles. The van der Waals surface area contributed by atoms with E-state index in [0.29, 0.717) is 31.0 Å². The van der Waals surface area contributed by atoms with Gasteiger partial charge >= 0.3 is 5.97 Å². The Labute approximate surface area is 142 Å². The van der Waals surface area contributed by atoms with Crippen LogP contribution in [0.2, 0.25) is 0 Å². The van der Waals surface area contributed by atoms with E-state index in [1.165, 1.54) is 32.1 Å². The number of carbonyl (C=O) groups excluding carboxylic acids is 1. The highest BCUT2D eigenvalue weighted by atomic mass is 16.5. The van der Waals surface area contributed by atoms with E-state index in [0.717, 1.165) is 12.4 Å². The van der Waals surface area contributed by atoms with Crippen LogP contribution in [0.15, 0.2) is 24.3 Å². The summed E-state index contributed by atoms with van der Waals surface area (Å²) in [6, 6.07) is 7.21. The molecule has 3 rings (SSSR count). The first-order valence-corrected chi connectivity index (χ1v) is 8.88. The third-order valence-corrected chi connectivity index (χ3v) is 5.14. The summed E-state index contributed by atoms with van der Waals surface area (Å²) in [5, 5.41) is 9.03. The summed E-state index contributed by atoms with van der Waals surface area (Å²) in [5.41, 5.74) is 0.589. The lowest BCUT2D eigenvalue weighted by Gasteiger charge is -2.21. The summed E-state index contributed by atoms with van der Waals surface area (Å²) >= 11 is 0. The van der Waals surface area contributed by atoms with Crippen LogP contribution in [0.4, 0.5) is 0 Å². The smallest absolute Gasteiger partial charge is 0.308 e. The first-order valence-electron chi connectivity index (χ1n) is 8.88. The van der Waals surface area contributed by atoms with Crippen molar-refractivity contribution < 1.29 is 19.4 Å². The lowest BCUT2D eigenvalue weighted by molar-refractivity contribution is -0.141. The van der Waals surface area contributed by atoms with Crippen molar-refractivity contribution in [1.82, 2.24) is 4.90 Å². The molecule has 5 heteroatoms. The molecule has 130 valence electrons. The van der Waals surface area contributed by atoms with Crippen LogP contribution in [-0.2, 0) is 4.79 Å². The Bertz CT molecular complexity index is 578. The van der Waals surface area contributed by atoms with Crippen molar-refractivity contribution in [3.05, 3.63) is 29.8 Å². The van der Waals surface area contributed by atoms with Crippen LogP contribution in [0.3, 0.4) is 0 Å². The van der Waals surface area contributed by atoms with Crippen LogP contribution < -0.4 is 4.74 Å². The molecule has 0 bridgehead atoms. The number of rotatable bonds is 5. The fourth-order valence-electron chi connectivity index (χ4n) is 3.59. The average Bonchev–Trinajstić information content (AvgIpc) is 3.11. The van der Waals surface area contributed by atoms with Gasteiger partial charge in [-0.15, -0.1) is 0 Å². The number of carboxylic acid groups (broad SMARTS) is 1. The molecule has 1 atom stereocenters. The largest absolute Gasteiger partial charge is 0.493 e. The molecular weight excluding hydrogens is 306 g/mol. The number of ether oxygens (including phenoxy) is 1. The van der Waals surface area contributed by atoms with E-state index in [9.17, 15) is 9.59 Å². The van der Waals surface area contributed by atoms with Crippen molar-refractivity contribution in [2.45, 2.75) is 38.5 Å². The van der Waals surface area contributed by atoms with Crippen molar-refractivity contribution in [3.8, 4) is 5.75 Å². The second kappa shape index (κ2) is 7.69. The number of carbonyl (C=O) groups is 2. The number of hydrogen-bond donors (Lipinski definition) is 1. The Morgan fingerprint density at radius 3 is 2.42 bits per heavy atom. The monoisotopic (exact) mass is 331 g/mol. The lowest BCUT2D eigenvalue weighted by atomic mass is 9.90. The van der Waals surface area contributed by atoms with E-state index >= 15 is 0 Å². The van der Waals surface area contributed by atoms with Gasteiger partial charge in [0.15, 0.2) is 0 Å². The van der Waals surface area contributed by atoms with E-state index in [1.54, 1.807) is 17.0 Å². The first-order chi connectivity index (χ1) is 11.6. The first kappa shape index (κ1) is 16.8. The Balaban J connectivity index is 1.52. The molecule has 1 aliphatic carbocycles. The number of aliphatic carboxylic acids is 1. The van der Waals surface area contributed by atoms with Gasteiger partial charge in [0, 0.05) is 18.7 Å². The molecule has 1 aromatic carbocycles. The Morgan fingerprint density at radius 2 is 1.79 bits per heavy atom. The number of benzene rings is 1. The maximum atomic E-state index is 12.4. The normalized spacial score (nSPS) is 21.7. The molecule has 5 nitrogen and oxygen atoms in total. The second-order valence-corrected chi connectivity index (χ2v) is 6.91. The highest BCUT2D eigenvalue weighted by Crippen LogP contribution is 2.25. The summed E-state index contributed by atoms with van der Waals surface area (Å²) in [6.07, 6.45) is 6.96. The van der Waals surface area contributed by atoms with Gasteiger partial charge in [-0.1, -0.05) is 19.3 Å². The third kappa shape index (κ3) is 4.08. The van der Waals surface area contributed by atoms with E-state index in [4.69, 9.17) is 9.84 Å². The molecule has 0 radical (unpaired) electrons. The van der Waals surface area contributed by atoms with E-state index in [-0.39, 0.29) is 5.91 Å². The number of amides is 1. The van der Waals surface area contributed by atoms with Crippen LogP contribution >= 0.6 is 0 Å². The Kier molecular flexibility index (Phi) is 5.38. The minimum atomic E-state index is -0.822. The zero-order valence-electron chi connectivity index (χ0n) is 13.9. The van der Waals surface area contributed by atoms with Crippen LogP contribution in [0.25, 0.3) is 0 Å². The molecule has 2 aliphatic rings. The molecule has 24 heavy (non-hydrogen) atoms. The zero-order valence-corrected chi connectivity index (χ0v) is 13.9. The Hall–Kier alpha value is -2.04. The topological polar surface area (TPSA) is 66.8 Å². The summed E-state index contributed by atoms with van der Waals surface area (Å²) in [5.74, 6) is 0.0842. The van der Waals surface area contributed by atoms with E-state index in [2.05, 4.69) is 0 Å². The summed E-state index contributed by atoms with van der Waals surface area (Å²) in [6.45, 7) is 1.56. The van der Waals surface area contributed by atoms with Crippen LogP contribution in [0.5, 0.6) is 5.75 Å². The van der Waals surface area contributed by atoms with Crippen molar-refractivity contribution >= 4 is 11.9 Å². The molecular formula is C19H25NO4. The molecule has 1 aliphatic heterocycles. The summed E-state index contributed by atoms with van der Waals surface area (Å²) in [4.78, 5) is 25.0. The molecule has 0 spiro atoms. The minimum absolute atomic E-state index is 0.0995. The van der Waals surface area contributed by atoms with E-state index < -0.39 is 11.9 Å². The van der Waals surface area contributed by atoms with Gasteiger partial charge in [-0.3, -0.25) is 9.59 Å². The second-order valence-electron chi connectivity index (χ2n) is 6.91.